The first kappa shape index (κ1) is 22.5. The minimum atomic E-state index is -0.551. The van der Waals surface area contributed by atoms with Crippen molar-refractivity contribution in [2.45, 2.75) is 79.1 Å². The Morgan fingerprint density at radius 3 is 2.07 bits per heavy atom. The molecule has 1 aliphatic heterocycles. The fraction of sp³-hybridized carbons (Fsp3) is 0.591. The van der Waals surface area contributed by atoms with Gasteiger partial charge in [-0.1, -0.05) is 24.3 Å². The molecule has 154 valence electrons. The fourth-order valence-electron chi connectivity index (χ4n) is 2.93. The van der Waals surface area contributed by atoms with Gasteiger partial charge in [-0.25, -0.2) is 4.79 Å². The number of benzene rings is 1. The summed E-state index contributed by atoms with van der Waals surface area (Å²) < 4.78 is 17.8. The molecule has 0 bridgehead atoms. The first-order valence-corrected chi connectivity index (χ1v) is 9.81. The van der Waals surface area contributed by atoms with Crippen LogP contribution in [0.15, 0.2) is 23.7 Å². The van der Waals surface area contributed by atoms with E-state index in [4.69, 9.17) is 14.0 Å². The van der Waals surface area contributed by atoms with Gasteiger partial charge in [0.05, 0.1) is 11.2 Å². The quantitative estimate of drug-likeness (QED) is 0.751. The molecule has 1 heterocycles. The molecule has 28 heavy (non-hydrogen) atoms. The average molecular weight is 387 g/mol. The predicted molar refractivity (Wildman–Crippen MR) is 114 cm³/mol. The van der Waals surface area contributed by atoms with Crippen molar-refractivity contribution in [3.8, 4) is 0 Å². The van der Waals surface area contributed by atoms with Crippen molar-refractivity contribution >= 4 is 19.3 Å². The van der Waals surface area contributed by atoms with E-state index in [9.17, 15) is 4.79 Å². The Balaban J connectivity index is 2.32. The van der Waals surface area contributed by atoms with Gasteiger partial charge in [-0.3, -0.25) is 0 Å². The summed E-state index contributed by atoms with van der Waals surface area (Å²) in [6, 6.07) is 6.18. The maximum absolute atomic E-state index is 12.2. The number of carbonyl (C=O) groups excluding carboxylic acids is 1. The van der Waals surface area contributed by atoms with E-state index >= 15 is 0 Å². The highest BCUT2D eigenvalue weighted by Crippen LogP contribution is 2.39. The molecule has 1 aromatic carbocycles. The van der Waals surface area contributed by atoms with E-state index in [1.807, 2.05) is 54.5 Å². The number of rotatable bonds is 4. The Bertz CT molecular complexity index is 726. The van der Waals surface area contributed by atoms with E-state index in [0.717, 1.165) is 22.2 Å². The van der Waals surface area contributed by atoms with Gasteiger partial charge in [0.2, 0.25) is 0 Å². The summed E-state index contributed by atoms with van der Waals surface area (Å²) >= 11 is 0. The Morgan fingerprint density at radius 1 is 1.11 bits per heavy atom. The number of carbonyl (C=O) groups is 1. The van der Waals surface area contributed by atoms with Crippen molar-refractivity contribution in [1.82, 2.24) is 5.32 Å². The molecule has 0 spiro atoms. The van der Waals surface area contributed by atoms with Crippen LogP contribution in [0, 0.1) is 13.8 Å². The van der Waals surface area contributed by atoms with E-state index in [2.05, 4.69) is 37.4 Å². The smallest absolute Gasteiger partial charge is 0.444 e. The van der Waals surface area contributed by atoms with Gasteiger partial charge in [0.15, 0.2) is 0 Å². The highest BCUT2D eigenvalue weighted by atomic mass is 16.7. The molecule has 1 saturated heterocycles. The third-order valence-electron chi connectivity index (χ3n) is 5.26. The van der Waals surface area contributed by atoms with Crippen molar-refractivity contribution in [1.29, 1.82) is 0 Å². The molecule has 1 amide bonds. The highest BCUT2D eigenvalue weighted by molar-refractivity contribution is 6.56. The van der Waals surface area contributed by atoms with Crippen LogP contribution in [0.2, 0.25) is 0 Å². The minimum absolute atomic E-state index is 0.277. The van der Waals surface area contributed by atoms with Gasteiger partial charge in [0.1, 0.15) is 5.60 Å². The van der Waals surface area contributed by atoms with E-state index < -0.39 is 30.0 Å². The lowest BCUT2D eigenvalue weighted by Crippen LogP contribution is -2.41. The normalized spacial score (nSPS) is 18.9. The number of amides is 1. The molecule has 6 heteroatoms. The number of hydrogen-bond donors (Lipinski definition) is 1. The lowest BCUT2D eigenvalue weighted by atomic mass is 9.76. The van der Waals surface area contributed by atoms with Gasteiger partial charge in [0.25, 0.3) is 0 Å². The summed E-state index contributed by atoms with van der Waals surface area (Å²) in [6.45, 7) is 18.0. The fourth-order valence-corrected chi connectivity index (χ4v) is 2.93. The molecule has 5 nitrogen and oxygen atoms in total. The largest absolute Gasteiger partial charge is 0.492 e. The van der Waals surface area contributed by atoms with Crippen LogP contribution < -0.4 is 5.32 Å². The van der Waals surface area contributed by atoms with E-state index in [-0.39, 0.29) is 6.54 Å². The second kappa shape index (κ2) is 7.92. The summed E-state index contributed by atoms with van der Waals surface area (Å²) in [4.78, 5) is 12.2. The molecule has 0 saturated carbocycles. The Morgan fingerprint density at radius 2 is 1.61 bits per heavy atom. The van der Waals surface area contributed by atoms with Crippen molar-refractivity contribution in [3.63, 3.8) is 0 Å². The summed E-state index contributed by atoms with van der Waals surface area (Å²) in [5.41, 5.74) is 2.82. The number of aryl methyl sites for hydroxylation is 2. The molecule has 1 N–H and O–H groups in total. The zero-order chi connectivity index (χ0) is 21.3. The van der Waals surface area contributed by atoms with Gasteiger partial charge in [-0.15, -0.1) is 0 Å². The molecule has 0 aromatic heterocycles. The standard InChI is InChI=1S/C22H34BNO4/c1-15-11-10-12-16(2)18(15)13-17(14-24-19(25)26-20(3,4)5)23-27-21(6,7)22(8,9)28-23/h10-13H,14H2,1-9H3,(H,24,25). The van der Waals surface area contributed by atoms with E-state index in [0.29, 0.717) is 0 Å². The molecule has 2 rings (SSSR count). The van der Waals surface area contributed by atoms with Crippen LogP contribution in [-0.2, 0) is 14.0 Å². The molecule has 1 fully saturated rings. The highest BCUT2D eigenvalue weighted by Gasteiger charge is 2.52. The Labute approximate surface area is 170 Å². The second-order valence-corrected chi connectivity index (χ2v) is 9.47. The van der Waals surface area contributed by atoms with Crippen LogP contribution >= 0.6 is 0 Å². The number of alkyl carbamates (subject to hydrolysis) is 1. The van der Waals surface area contributed by atoms with Gasteiger partial charge in [0, 0.05) is 6.54 Å². The lowest BCUT2D eigenvalue weighted by molar-refractivity contribution is 0.00578. The minimum Gasteiger partial charge on any atom is -0.444 e. The van der Waals surface area contributed by atoms with E-state index in [1.54, 1.807) is 0 Å². The summed E-state index contributed by atoms with van der Waals surface area (Å²) in [5.74, 6) is 0. The summed E-state index contributed by atoms with van der Waals surface area (Å²) in [7, 11) is -0.543. The first-order valence-electron chi connectivity index (χ1n) is 9.81. The second-order valence-electron chi connectivity index (χ2n) is 9.47. The maximum atomic E-state index is 12.2. The third kappa shape index (κ3) is 5.39. The van der Waals surface area contributed by atoms with Gasteiger partial charge >= 0.3 is 13.2 Å². The molecule has 1 aromatic rings. The molecule has 0 aliphatic carbocycles. The molecule has 0 unspecified atom stereocenters. The summed E-state index contributed by atoms with van der Waals surface area (Å²) in [6.07, 6.45) is 1.60. The maximum Gasteiger partial charge on any atom is 0.492 e. The molecule has 1 aliphatic rings. The molecule has 0 radical (unpaired) electrons. The average Bonchev–Trinajstić information content (AvgIpc) is 2.72. The van der Waals surface area contributed by atoms with Crippen LogP contribution in [0.1, 0.15) is 65.2 Å². The van der Waals surface area contributed by atoms with E-state index in [1.165, 1.54) is 0 Å². The van der Waals surface area contributed by atoms with Crippen LogP contribution in [0.5, 0.6) is 0 Å². The van der Waals surface area contributed by atoms with Crippen molar-refractivity contribution in [2.75, 3.05) is 6.54 Å². The van der Waals surface area contributed by atoms with Gasteiger partial charge < -0.3 is 19.4 Å². The SMILES string of the molecule is Cc1cccc(C)c1C=C(CNC(=O)OC(C)(C)C)B1OC(C)(C)C(C)(C)O1. The van der Waals surface area contributed by atoms with Crippen LogP contribution in [0.3, 0.4) is 0 Å². The van der Waals surface area contributed by atoms with Crippen LogP contribution in [0.4, 0.5) is 4.79 Å². The Kier molecular flexibility index (Phi) is 6.36. The van der Waals surface area contributed by atoms with Crippen molar-refractivity contribution in [3.05, 3.63) is 40.4 Å². The van der Waals surface area contributed by atoms with Crippen molar-refractivity contribution < 1.29 is 18.8 Å². The zero-order valence-electron chi connectivity index (χ0n) is 18.7. The van der Waals surface area contributed by atoms with Gasteiger partial charge in [-0.05, 0) is 84.5 Å². The van der Waals surface area contributed by atoms with Crippen LogP contribution in [-0.4, -0.2) is 36.6 Å². The number of ether oxygens (including phenoxy) is 1. The predicted octanol–water partition coefficient (Wildman–Crippen LogP) is 4.84. The van der Waals surface area contributed by atoms with Crippen molar-refractivity contribution in [2.24, 2.45) is 0 Å². The first-order chi connectivity index (χ1) is 12.7. The molecular weight excluding hydrogens is 353 g/mol. The lowest BCUT2D eigenvalue weighted by Gasteiger charge is -2.32. The molecular formula is C22H34BNO4. The number of nitrogens with one attached hydrogen (secondary N) is 1. The zero-order valence-corrected chi connectivity index (χ0v) is 18.7. The van der Waals surface area contributed by atoms with Crippen LogP contribution in [0.25, 0.3) is 6.08 Å². The topological polar surface area (TPSA) is 56.8 Å². The monoisotopic (exact) mass is 387 g/mol. The summed E-state index contributed by atoms with van der Waals surface area (Å²) in [5, 5.41) is 2.84. The van der Waals surface area contributed by atoms with Gasteiger partial charge in [-0.2, -0.15) is 0 Å². The molecule has 0 atom stereocenters. The number of hydrogen-bond acceptors (Lipinski definition) is 4. The third-order valence-corrected chi connectivity index (χ3v) is 5.26. The Hall–Kier alpha value is -1.79.